The highest BCUT2D eigenvalue weighted by molar-refractivity contribution is 5.80. The molecule has 0 unspecified atom stereocenters. The molecule has 3 rings (SSSR count). The third-order valence-corrected chi connectivity index (χ3v) is 3.89. The molecule has 0 heterocycles. The van der Waals surface area contributed by atoms with Gasteiger partial charge in [0.25, 0.3) is 0 Å². The summed E-state index contributed by atoms with van der Waals surface area (Å²) < 4.78 is 19.8. The summed E-state index contributed by atoms with van der Waals surface area (Å²) in [5, 5.41) is 0. The summed E-state index contributed by atoms with van der Waals surface area (Å²) in [6.45, 7) is 1.71. The van der Waals surface area contributed by atoms with Crippen molar-refractivity contribution in [2.45, 2.75) is 12.8 Å². The fourth-order valence-corrected chi connectivity index (χ4v) is 2.48. The Kier molecular flexibility index (Phi) is 4.71. The summed E-state index contributed by atoms with van der Waals surface area (Å²) in [7, 11) is 0. The van der Waals surface area contributed by atoms with Gasteiger partial charge in [-0.05, 0) is 36.2 Å². The molecule has 120 valence electrons. The summed E-state index contributed by atoms with van der Waals surface area (Å²) in [6.07, 6.45) is 0. The molecule has 1 atom stereocenters. The number of para-hydroxylation sites is 1. The molecule has 0 amide bonds. The fraction of sp³-hybridized carbons (Fsp3) is 0.0952. The molecular formula is C21H17FO2. The van der Waals surface area contributed by atoms with Crippen molar-refractivity contribution in [1.29, 1.82) is 0 Å². The Labute approximate surface area is 140 Å². The first-order chi connectivity index (χ1) is 11.6. The first kappa shape index (κ1) is 15.9. The molecule has 0 bridgehead atoms. The molecule has 3 aromatic rings. The van der Waals surface area contributed by atoms with Crippen LogP contribution in [0.25, 0.3) is 11.1 Å². The summed E-state index contributed by atoms with van der Waals surface area (Å²) in [6, 6.07) is 23.0. The van der Waals surface area contributed by atoms with E-state index in [1.165, 1.54) is 6.07 Å². The third kappa shape index (κ3) is 3.51. The quantitative estimate of drug-likeness (QED) is 0.488. The molecule has 0 aliphatic heterocycles. The molecule has 3 aromatic carbocycles. The van der Waals surface area contributed by atoms with Crippen LogP contribution in [-0.2, 0) is 4.79 Å². The van der Waals surface area contributed by atoms with E-state index in [9.17, 15) is 9.18 Å². The average molecular weight is 320 g/mol. The van der Waals surface area contributed by atoms with Crippen LogP contribution in [0.1, 0.15) is 18.4 Å². The Morgan fingerprint density at radius 2 is 1.54 bits per heavy atom. The summed E-state index contributed by atoms with van der Waals surface area (Å²) in [5.74, 6) is -0.827. The van der Waals surface area contributed by atoms with Crippen LogP contribution in [0.4, 0.5) is 4.39 Å². The lowest BCUT2D eigenvalue weighted by atomic mass is 9.97. The van der Waals surface area contributed by atoms with Crippen LogP contribution in [0.5, 0.6) is 5.75 Å². The molecule has 24 heavy (non-hydrogen) atoms. The number of rotatable bonds is 4. The molecule has 0 fully saturated rings. The highest BCUT2D eigenvalue weighted by Crippen LogP contribution is 2.27. The van der Waals surface area contributed by atoms with Crippen LogP contribution in [-0.4, -0.2) is 5.97 Å². The predicted molar refractivity (Wildman–Crippen MR) is 92.3 cm³/mol. The van der Waals surface area contributed by atoms with E-state index in [4.69, 9.17) is 4.74 Å². The number of carbonyl (C=O) groups is 1. The fourth-order valence-electron chi connectivity index (χ4n) is 2.48. The maximum atomic E-state index is 14.4. The minimum atomic E-state index is -0.551. The maximum absolute atomic E-state index is 14.4. The molecule has 0 N–H and O–H groups in total. The normalized spacial score (nSPS) is 11.8. The molecular weight excluding hydrogens is 303 g/mol. The molecule has 0 aliphatic rings. The Hall–Kier alpha value is -2.94. The van der Waals surface area contributed by atoms with Gasteiger partial charge in [-0.25, -0.2) is 4.39 Å². The second kappa shape index (κ2) is 7.09. The van der Waals surface area contributed by atoms with Gasteiger partial charge in [0, 0.05) is 5.56 Å². The molecule has 3 heteroatoms. The van der Waals surface area contributed by atoms with Crippen molar-refractivity contribution in [3.63, 3.8) is 0 Å². The highest BCUT2D eigenvalue weighted by Gasteiger charge is 2.19. The molecule has 2 nitrogen and oxygen atoms in total. The molecule has 0 spiro atoms. The minimum Gasteiger partial charge on any atom is -0.426 e. The van der Waals surface area contributed by atoms with Crippen molar-refractivity contribution < 1.29 is 13.9 Å². The molecule has 0 saturated heterocycles. The van der Waals surface area contributed by atoms with E-state index in [0.29, 0.717) is 16.9 Å². The van der Waals surface area contributed by atoms with Crippen LogP contribution in [0, 0.1) is 5.82 Å². The Bertz CT molecular complexity index is 829. The first-order valence-corrected chi connectivity index (χ1v) is 7.77. The number of ether oxygens (including phenoxy) is 1. The first-order valence-electron chi connectivity index (χ1n) is 7.77. The summed E-state index contributed by atoms with van der Waals surface area (Å²) in [4.78, 5) is 12.2. The molecule has 0 saturated carbocycles. The van der Waals surface area contributed by atoms with E-state index in [1.807, 2.05) is 36.4 Å². The van der Waals surface area contributed by atoms with Gasteiger partial charge in [-0.15, -0.1) is 0 Å². The minimum absolute atomic E-state index is 0.349. The molecule has 0 radical (unpaired) electrons. The van der Waals surface area contributed by atoms with Crippen LogP contribution in [0.3, 0.4) is 0 Å². The van der Waals surface area contributed by atoms with E-state index in [-0.39, 0.29) is 5.82 Å². The third-order valence-electron chi connectivity index (χ3n) is 3.89. The van der Waals surface area contributed by atoms with Crippen molar-refractivity contribution in [1.82, 2.24) is 0 Å². The number of benzene rings is 3. The van der Waals surface area contributed by atoms with Crippen molar-refractivity contribution in [3.8, 4) is 16.9 Å². The topological polar surface area (TPSA) is 26.3 Å². The summed E-state index contributed by atoms with van der Waals surface area (Å²) >= 11 is 0. The Morgan fingerprint density at radius 1 is 0.917 bits per heavy atom. The van der Waals surface area contributed by atoms with Gasteiger partial charge >= 0.3 is 5.97 Å². The number of hydrogen-bond acceptors (Lipinski definition) is 2. The van der Waals surface area contributed by atoms with Crippen molar-refractivity contribution in [2.75, 3.05) is 0 Å². The van der Waals surface area contributed by atoms with Gasteiger partial charge in [0.2, 0.25) is 0 Å². The van der Waals surface area contributed by atoms with Crippen LogP contribution < -0.4 is 4.74 Å². The number of esters is 1. The maximum Gasteiger partial charge on any atom is 0.318 e. The summed E-state index contributed by atoms with van der Waals surface area (Å²) in [5.41, 5.74) is 1.91. The second-order valence-electron chi connectivity index (χ2n) is 5.56. The van der Waals surface area contributed by atoms with E-state index < -0.39 is 11.9 Å². The zero-order chi connectivity index (χ0) is 16.9. The standard InChI is InChI=1S/C21H17FO2/c1-15(21(23)24-18-10-6-3-7-11-18)17-12-13-19(20(22)14-17)16-8-4-2-5-9-16/h2-15H,1H3/t15-/m0/s1. The Balaban J connectivity index is 1.79. The van der Waals surface area contributed by atoms with Crippen LogP contribution >= 0.6 is 0 Å². The van der Waals surface area contributed by atoms with E-state index in [2.05, 4.69) is 0 Å². The van der Waals surface area contributed by atoms with Gasteiger partial charge in [0.05, 0.1) is 5.92 Å². The van der Waals surface area contributed by atoms with Gasteiger partial charge in [0.1, 0.15) is 11.6 Å². The highest BCUT2D eigenvalue weighted by atomic mass is 19.1. The van der Waals surface area contributed by atoms with Gasteiger partial charge in [-0.1, -0.05) is 60.7 Å². The number of hydrogen-bond donors (Lipinski definition) is 0. The molecule has 0 aromatic heterocycles. The lowest BCUT2D eigenvalue weighted by Gasteiger charge is -2.13. The monoisotopic (exact) mass is 320 g/mol. The lowest BCUT2D eigenvalue weighted by molar-refractivity contribution is -0.135. The van der Waals surface area contributed by atoms with Crippen LogP contribution in [0.15, 0.2) is 78.9 Å². The SMILES string of the molecule is C[C@H](C(=O)Oc1ccccc1)c1ccc(-c2ccccc2)c(F)c1. The largest absolute Gasteiger partial charge is 0.426 e. The van der Waals surface area contributed by atoms with Crippen LogP contribution in [0.2, 0.25) is 0 Å². The van der Waals surface area contributed by atoms with Gasteiger partial charge in [-0.2, -0.15) is 0 Å². The van der Waals surface area contributed by atoms with Gasteiger partial charge in [0.15, 0.2) is 0 Å². The van der Waals surface area contributed by atoms with E-state index in [1.54, 1.807) is 43.3 Å². The second-order valence-corrected chi connectivity index (χ2v) is 5.56. The predicted octanol–water partition coefficient (Wildman–Crippen LogP) is 5.20. The zero-order valence-corrected chi connectivity index (χ0v) is 13.3. The van der Waals surface area contributed by atoms with Crippen molar-refractivity contribution in [2.24, 2.45) is 0 Å². The van der Waals surface area contributed by atoms with Gasteiger partial charge in [-0.3, -0.25) is 4.79 Å². The average Bonchev–Trinajstić information content (AvgIpc) is 2.62. The molecule has 0 aliphatic carbocycles. The van der Waals surface area contributed by atoms with Crippen molar-refractivity contribution in [3.05, 3.63) is 90.2 Å². The van der Waals surface area contributed by atoms with E-state index >= 15 is 0 Å². The Morgan fingerprint density at radius 3 is 2.17 bits per heavy atom. The number of halogens is 1. The zero-order valence-electron chi connectivity index (χ0n) is 13.3. The smallest absolute Gasteiger partial charge is 0.318 e. The van der Waals surface area contributed by atoms with Crippen molar-refractivity contribution >= 4 is 5.97 Å². The van der Waals surface area contributed by atoms with Gasteiger partial charge < -0.3 is 4.74 Å². The lowest BCUT2D eigenvalue weighted by Crippen LogP contribution is -2.16. The van der Waals surface area contributed by atoms with E-state index in [0.717, 1.165) is 5.56 Å². The number of carbonyl (C=O) groups excluding carboxylic acids is 1.